The van der Waals surface area contributed by atoms with Crippen LogP contribution in [0.5, 0.6) is 0 Å². The highest BCUT2D eigenvalue weighted by atomic mass is 35.5. The van der Waals surface area contributed by atoms with Crippen molar-refractivity contribution in [3.63, 3.8) is 0 Å². The molecule has 4 heteroatoms. The number of nitrogens with one attached hydrogen (secondary N) is 1. The van der Waals surface area contributed by atoms with Gasteiger partial charge in [0.05, 0.1) is 4.34 Å². The van der Waals surface area contributed by atoms with Crippen molar-refractivity contribution in [2.45, 2.75) is 13.0 Å². The van der Waals surface area contributed by atoms with E-state index in [0.29, 0.717) is 4.34 Å². The van der Waals surface area contributed by atoms with Crippen molar-refractivity contribution < 1.29 is 4.79 Å². The molecular weight excluding hydrogens is 194 g/mol. The number of carbonyl (C=O) groups is 1. The first-order chi connectivity index (χ1) is 5.65. The number of carbonyl (C=O) groups excluding carboxylic acids is 1. The standard InChI is InChI=1S/C8H10ClNOS/c1-5(11)8(10-2)6-3-4-7(9)12-6/h3-4,8,10H,1-2H3. The molecule has 1 atom stereocenters. The number of Topliss-reactive ketones (excluding diaryl/α,β-unsaturated/α-hetero) is 1. The molecule has 2 nitrogen and oxygen atoms in total. The fourth-order valence-electron chi connectivity index (χ4n) is 1.03. The van der Waals surface area contributed by atoms with Crippen LogP contribution in [0.1, 0.15) is 17.8 Å². The molecule has 0 saturated carbocycles. The number of hydrogen-bond donors (Lipinski definition) is 1. The van der Waals surface area contributed by atoms with Crippen LogP contribution in [0.4, 0.5) is 0 Å². The predicted octanol–water partition coefficient (Wildman–Crippen LogP) is 2.25. The minimum absolute atomic E-state index is 0.107. The van der Waals surface area contributed by atoms with Crippen molar-refractivity contribution in [3.8, 4) is 0 Å². The third kappa shape index (κ3) is 2.06. The van der Waals surface area contributed by atoms with Gasteiger partial charge in [-0.25, -0.2) is 0 Å². The van der Waals surface area contributed by atoms with Crippen LogP contribution in [0.3, 0.4) is 0 Å². The normalized spacial score (nSPS) is 12.9. The van der Waals surface area contributed by atoms with Gasteiger partial charge in [0.1, 0.15) is 6.04 Å². The van der Waals surface area contributed by atoms with Gasteiger partial charge in [0.2, 0.25) is 0 Å². The van der Waals surface area contributed by atoms with Crippen LogP contribution < -0.4 is 5.32 Å². The van der Waals surface area contributed by atoms with E-state index in [9.17, 15) is 4.79 Å². The van der Waals surface area contributed by atoms with Crippen molar-refractivity contribution >= 4 is 28.7 Å². The number of thiophene rings is 1. The van der Waals surface area contributed by atoms with Gasteiger partial charge in [-0.05, 0) is 26.1 Å². The monoisotopic (exact) mass is 203 g/mol. The summed E-state index contributed by atoms with van der Waals surface area (Å²) in [5.74, 6) is 0.107. The maximum Gasteiger partial charge on any atom is 0.152 e. The van der Waals surface area contributed by atoms with Gasteiger partial charge < -0.3 is 5.32 Å². The Morgan fingerprint density at radius 2 is 2.33 bits per heavy atom. The average Bonchev–Trinajstić information content (AvgIpc) is 2.37. The van der Waals surface area contributed by atoms with Crippen LogP contribution in [0.25, 0.3) is 0 Å². The molecule has 0 aliphatic carbocycles. The van der Waals surface area contributed by atoms with E-state index in [1.165, 1.54) is 11.3 Å². The molecule has 0 spiro atoms. The maximum atomic E-state index is 11.1. The largest absolute Gasteiger partial charge is 0.306 e. The summed E-state index contributed by atoms with van der Waals surface area (Å²) in [4.78, 5) is 12.1. The molecule has 0 radical (unpaired) electrons. The second kappa shape index (κ2) is 4.03. The Labute approximate surface area is 80.5 Å². The first-order valence-corrected chi connectivity index (χ1v) is 4.77. The van der Waals surface area contributed by atoms with Crippen molar-refractivity contribution in [1.82, 2.24) is 5.32 Å². The van der Waals surface area contributed by atoms with Gasteiger partial charge in [0.25, 0.3) is 0 Å². The smallest absolute Gasteiger partial charge is 0.152 e. The molecule has 1 unspecified atom stereocenters. The maximum absolute atomic E-state index is 11.1. The zero-order valence-corrected chi connectivity index (χ0v) is 8.50. The molecule has 0 aliphatic heterocycles. The second-order valence-electron chi connectivity index (χ2n) is 2.47. The Hall–Kier alpha value is -0.380. The lowest BCUT2D eigenvalue weighted by atomic mass is 10.2. The summed E-state index contributed by atoms with van der Waals surface area (Å²) in [6.45, 7) is 1.56. The fraction of sp³-hybridized carbons (Fsp3) is 0.375. The summed E-state index contributed by atoms with van der Waals surface area (Å²) in [6, 6.07) is 3.47. The third-order valence-electron chi connectivity index (χ3n) is 1.57. The molecule has 0 fully saturated rings. The molecule has 0 bridgehead atoms. The number of likely N-dealkylation sites (N-methyl/N-ethyl adjacent to an activating group) is 1. The molecule has 66 valence electrons. The highest BCUT2D eigenvalue weighted by molar-refractivity contribution is 7.16. The SMILES string of the molecule is CNC(C(C)=O)c1ccc(Cl)s1. The third-order valence-corrected chi connectivity index (χ3v) is 2.87. The molecule has 0 amide bonds. The zero-order valence-electron chi connectivity index (χ0n) is 6.93. The minimum atomic E-state index is -0.206. The van der Waals surface area contributed by atoms with Crippen molar-refractivity contribution in [2.75, 3.05) is 7.05 Å². The lowest BCUT2D eigenvalue weighted by Gasteiger charge is -2.09. The van der Waals surface area contributed by atoms with E-state index in [2.05, 4.69) is 5.32 Å². The Morgan fingerprint density at radius 1 is 1.67 bits per heavy atom. The molecule has 1 rings (SSSR count). The van der Waals surface area contributed by atoms with E-state index < -0.39 is 0 Å². The summed E-state index contributed by atoms with van der Waals surface area (Å²) in [6.07, 6.45) is 0. The molecule has 1 aromatic heterocycles. The molecule has 0 aromatic carbocycles. The molecule has 0 saturated heterocycles. The summed E-state index contributed by atoms with van der Waals surface area (Å²) >= 11 is 7.18. The molecule has 1 aromatic rings. The Kier molecular flexibility index (Phi) is 3.26. The molecule has 1 heterocycles. The van der Waals surface area contributed by atoms with Gasteiger partial charge in [-0.2, -0.15) is 0 Å². The average molecular weight is 204 g/mol. The Bertz CT molecular complexity index is 284. The predicted molar refractivity (Wildman–Crippen MR) is 51.8 cm³/mol. The number of halogens is 1. The number of rotatable bonds is 3. The topological polar surface area (TPSA) is 29.1 Å². The summed E-state index contributed by atoms with van der Waals surface area (Å²) in [5, 5.41) is 2.93. The van der Waals surface area contributed by atoms with Crippen LogP contribution in [0.15, 0.2) is 12.1 Å². The van der Waals surface area contributed by atoms with Gasteiger partial charge in [-0.3, -0.25) is 4.79 Å². The Balaban J connectivity index is 2.87. The van der Waals surface area contributed by atoms with Gasteiger partial charge in [-0.15, -0.1) is 11.3 Å². The van der Waals surface area contributed by atoms with Gasteiger partial charge in [-0.1, -0.05) is 11.6 Å². The van der Waals surface area contributed by atoms with E-state index >= 15 is 0 Å². The minimum Gasteiger partial charge on any atom is -0.306 e. The van der Waals surface area contributed by atoms with Crippen molar-refractivity contribution in [3.05, 3.63) is 21.3 Å². The van der Waals surface area contributed by atoms with Gasteiger partial charge >= 0.3 is 0 Å². The van der Waals surface area contributed by atoms with E-state index in [1.807, 2.05) is 6.07 Å². The van der Waals surface area contributed by atoms with E-state index in [-0.39, 0.29) is 11.8 Å². The first kappa shape index (κ1) is 9.71. The van der Waals surface area contributed by atoms with Gasteiger partial charge in [0, 0.05) is 4.88 Å². The van der Waals surface area contributed by atoms with Crippen LogP contribution in [0, 0.1) is 0 Å². The quantitative estimate of drug-likeness (QED) is 0.817. The van der Waals surface area contributed by atoms with Crippen LogP contribution in [-0.2, 0) is 4.79 Å². The van der Waals surface area contributed by atoms with Gasteiger partial charge in [0.15, 0.2) is 5.78 Å². The van der Waals surface area contributed by atoms with Crippen LogP contribution in [-0.4, -0.2) is 12.8 Å². The van der Waals surface area contributed by atoms with Crippen molar-refractivity contribution in [2.24, 2.45) is 0 Å². The number of ketones is 1. The highest BCUT2D eigenvalue weighted by Crippen LogP contribution is 2.26. The van der Waals surface area contributed by atoms with Crippen LogP contribution in [0.2, 0.25) is 4.34 Å². The molecule has 1 N–H and O–H groups in total. The summed E-state index contributed by atoms with van der Waals surface area (Å²) < 4.78 is 0.714. The van der Waals surface area contributed by atoms with Crippen molar-refractivity contribution in [1.29, 1.82) is 0 Å². The van der Waals surface area contributed by atoms with E-state index in [1.54, 1.807) is 20.0 Å². The molecule has 12 heavy (non-hydrogen) atoms. The fourth-order valence-corrected chi connectivity index (χ4v) is 2.26. The second-order valence-corrected chi connectivity index (χ2v) is 4.22. The molecular formula is C8H10ClNOS. The first-order valence-electron chi connectivity index (χ1n) is 3.58. The number of hydrogen-bond acceptors (Lipinski definition) is 3. The van der Waals surface area contributed by atoms with E-state index in [0.717, 1.165) is 4.88 Å². The Morgan fingerprint density at radius 3 is 2.67 bits per heavy atom. The lowest BCUT2D eigenvalue weighted by Crippen LogP contribution is -2.22. The lowest BCUT2D eigenvalue weighted by molar-refractivity contribution is -0.118. The molecule has 0 aliphatic rings. The highest BCUT2D eigenvalue weighted by Gasteiger charge is 2.15. The zero-order chi connectivity index (χ0) is 9.14. The van der Waals surface area contributed by atoms with E-state index in [4.69, 9.17) is 11.6 Å². The summed E-state index contributed by atoms with van der Waals surface area (Å²) in [5.41, 5.74) is 0. The van der Waals surface area contributed by atoms with Crippen LogP contribution >= 0.6 is 22.9 Å². The summed E-state index contributed by atoms with van der Waals surface area (Å²) in [7, 11) is 1.76.